The minimum Gasteiger partial charge on any atom is -0.420 e. The van der Waals surface area contributed by atoms with Crippen LogP contribution in [-0.2, 0) is 23.4 Å². The standard InChI is InChI=1S/C17H23N5O3/c1-4-22-11(2)13(9-18-22)15(23)21-8-6-12-5-7-17(12,21)16-20-19-14(25-16)10-24-3/h9,12H,4-8,10H2,1-3H3/t12-,17-/m0/s1. The van der Waals surface area contributed by atoms with Gasteiger partial charge >= 0.3 is 0 Å². The van der Waals surface area contributed by atoms with Crippen LogP contribution in [0.2, 0.25) is 0 Å². The number of aryl methyl sites for hydroxylation is 1. The number of carbonyl (C=O) groups is 1. The van der Waals surface area contributed by atoms with Gasteiger partial charge in [0, 0.05) is 25.9 Å². The summed E-state index contributed by atoms with van der Waals surface area (Å²) in [5.41, 5.74) is 1.10. The van der Waals surface area contributed by atoms with Crippen molar-refractivity contribution in [1.82, 2.24) is 24.9 Å². The summed E-state index contributed by atoms with van der Waals surface area (Å²) in [6.07, 6.45) is 4.58. The summed E-state index contributed by atoms with van der Waals surface area (Å²) in [5.74, 6) is 1.38. The third-order valence-corrected chi connectivity index (χ3v) is 5.72. The average molecular weight is 345 g/mol. The number of carbonyl (C=O) groups excluding carboxylic acids is 1. The van der Waals surface area contributed by atoms with Crippen molar-refractivity contribution < 1.29 is 13.9 Å². The Balaban J connectivity index is 1.68. The van der Waals surface area contributed by atoms with E-state index in [-0.39, 0.29) is 12.5 Å². The number of hydrogen-bond donors (Lipinski definition) is 0. The Morgan fingerprint density at radius 2 is 2.28 bits per heavy atom. The molecule has 0 radical (unpaired) electrons. The van der Waals surface area contributed by atoms with Crippen molar-refractivity contribution in [1.29, 1.82) is 0 Å². The summed E-state index contributed by atoms with van der Waals surface area (Å²) in [5, 5.41) is 12.6. The van der Waals surface area contributed by atoms with E-state index in [1.54, 1.807) is 13.3 Å². The summed E-state index contributed by atoms with van der Waals surface area (Å²) in [4.78, 5) is 15.2. The number of ether oxygens (including phenoxy) is 1. The van der Waals surface area contributed by atoms with Crippen LogP contribution in [0, 0.1) is 12.8 Å². The molecule has 1 amide bonds. The van der Waals surface area contributed by atoms with Crippen LogP contribution in [-0.4, -0.2) is 44.4 Å². The minimum atomic E-state index is -0.461. The molecule has 2 fully saturated rings. The molecule has 1 saturated heterocycles. The zero-order chi connectivity index (χ0) is 17.6. The number of likely N-dealkylation sites (tertiary alicyclic amines) is 1. The van der Waals surface area contributed by atoms with Gasteiger partial charge in [-0.3, -0.25) is 9.48 Å². The fourth-order valence-electron chi connectivity index (χ4n) is 4.26. The lowest BCUT2D eigenvalue weighted by Crippen LogP contribution is -2.54. The van der Waals surface area contributed by atoms with E-state index in [4.69, 9.17) is 9.15 Å². The van der Waals surface area contributed by atoms with Gasteiger partial charge in [-0.2, -0.15) is 5.10 Å². The van der Waals surface area contributed by atoms with Crippen molar-refractivity contribution in [2.75, 3.05) is 13.7 Å². The summed E-state index contributed by atoms with van der Waals surface area (Å²) in [6.45, 7) is 5.70. The van der Waals surface area contributed by atoms with Crippen LogP contribution < -0.4 is 0 Å². The summed E-state index contributed by atoms with van der Waals surface area (Å²) < 4.78 is 12.8. The molecule has 1 aliphatic carbocycles. The van der Waals surface area contributed by atoms with E-state index in [2.05, 4.69) is 15.3 Å². The first-order chi connectivity index (χ1) is 12.1. The predicted octanol–water partition coefficient (Wildman–Crippen LogP) is 1.89. The van der Waals surface area contributed by atoms with E-state index < -0.39 is 5.54 Å². The lowest BCUT2D eigenvalue weighted by atomic mass is 9.67. The van der Waals surface area contributed by atoms with E-state index in [9.17, 15) is 4.79 Å². The first-order valence-electron chi connectivity index (χ1n) is 8.78. The number of aromatic nitrogens is 4. The largest absolute Gasteiger partial charge is 0.420 e. The maximum atomic E-state index is 13.3. The molecule has 25 heavy (non-hydrogen) atoms. The first kappa shape index (κ1) is 16.3. The molecular formula is C17H23N5O3. The van der Waals surface area contributed by atoms with Gasteiger partial charge in [0.2, 0.25) is 11.8 Å². The van der Waals surface area contributed by atoms with E-state index >= 15 is 0 Å². The fourth-order valence-corrected chi connectivity index (χ4v) is 4.26. The van der Waals surface area contributed by atoms with Crippen molar-refractivity contribution in [3.63, 3.8) is 0 Å². The predicted molar refractivity (Wildman–Crippen MR) is 87.7 cm³/mol. The molecular weight excluding hydrogens is 322 g/mol. The number of nitrogens with zero attached hydrogens (tertiary/aromatic N) is 5. The Morgan fingerprint density at radius 1 is 1.44 bits per heavy atom. The van der Waals surface area contributed by atoms with E-state index in [0.717, 1.165) is 31.5 Å². The normalized spacial score (nSPS) is 25.1. The van der Waals surface area contributed by atoms with E-state index in [1.807, 2.05) is 23.4 Å². The van der Waals surface area contributed by atoms with Gasteiger partial charge in [0.25, 0.3) is 5.91 Å². The molecule has 2 aromatic heterocycles. The zero-order valence-electron chi connectivity index (χ0n) is 14.9. The Hall–Kier alpha value is -2.22. The van der Waals surface area contributed by atoms with Gasteiger partial charge in [0.15, 0.2) is 0 Å². The highest BCUT2D eigenvalue weighted by Gasteiger charge is 2.61. The van der Waals surface area contributed by atoms with Crippen molar-refractivity contribution in [2.45, 2.75) is 51.8 Å². The third kappa shape index (κ3) is 2.23. The number of amides is 1. The molecule has 0 unspecified atom stereocenters. The highest BCUT2D eigenvalue weighted by Crippen LogP contribution is 2.56. The SMILES string of the molecule is CCn1ncc(C(=O)N2CC[C@@H]3CC[C@@]32c2nnc(COC)o2)c1C. The summed E-state index contributed by atoms with van der Waals surface area (Å²) in [7, 11) is 1.59. The topological polar surface area (TPSA) is 86.3 Å². The molecule has 134 valence electrons. The second-order valence-corrected chi connectivity index (χ2v) is 6.80. The fraction of sp³-hybridized carbons (Fsp3) is 0.647. The molecule has 0 spiro atoms. The van der Waals surface area contributed by atoms with Crippen LogP contribution in [0.25, 0.3) is 0 Å². The van der Waals surface area contributed by atoms with E-state index in [1.165, 1.54) is 0 Å². The van der Waals surface area contributed by atoms with Gasteiger partial charge < -0.3 is 14.1 Å². The lowest BCUT2D eigenvalue weighted by Gasteiger charge is -2.47. The molecule has 2 atom stereocenters. The van der Waals surface area contributed by atoms with Crippen LogP contribution in [0.5, 0.6) is 0 Å². The molecule has 2 aliphatic rings. The molecule has 0 aromatic carbocycles. The molecule has 2 aromatic rings. The Morgan fingerprint density at radius 3 is 2.92 bits per heavy atom. The lowest BCUT2D eigenvalue weighted by molar-refractivity contribution is -0.00465. The smallest absolute Gasteiger partial charge is 0.258 e. The number of methoxy groups -OCH3 is 1. The molecule has 8 nitrogen and oxygen atoms in total. The molecule has 1 saturated carbocycles. The highest BCUT2D eigenvalue weighted by molar-refractivity contribution is 5.96. The first-order valence-corrected chi connectivity index (χ1v) is 8.78. The Bertz CT molecular complexity index is 798. The average Bonchev–Trinajstić information content (AvgIpc) is 3.25. The quantitative estimate of drug-likeness (QED) is 0.822. The number of rotatable bonds is 5. The van der Waals surface area contributed by atoms with Crippen LogP contribution >= 0.6 is 0 Å². The van der Waals surface area contributed by atoms with Crippen molar-refractivity contribution in [2.24, 2.45) is 5.92 Å². The van der Waals surface area contributed by atoms with Crippen LogP contribution in [0.3, 0.4) is 0 Å². The van der Waals surface area contributed by atoms with Crippen molar-refractivity contribution in [3.8, 4) is 0 Å². The van der Waals surface area contributed by atoms with Gasteiger partial charge in [0.05, 0.1) is 11.8 Å². The van der Waals surface area contributed by atoms with Gasteiger partial charge in [0.1, 0.15) is 12.1 Å². The third-order valence-electron chi connectivity index (χ3n) is 5.72. The van der Waals surface area contributed by atoms with Gasteiger partial charge in [-0.1, -0.05) is 0 Å². The van der Waals surface area contributed by atoms with Crippen LogP contribution in [0.1, 0.15) is 54.0 Å². The van der Waals surface area contributed by atoms with Crippen molar-refractivity contribution >= 4 is 5.91 Å². The Labute approximate surface area is 146 Å². The molecule has 3 heterocycles. The zero-order valence-corrected chi connectivity index (χ0v) is 14.9. The maximum absolute atomic E-state index is 13.3. The van der Waals surface area contributed by atoms with E-state index in [0.29, 0.717) is 29.8 Å². The van der Waals surface area contributed by atoms with Gasteiger partial charge in [-0.25, -0.2) is 0 Å². The monoisotopic (exact) mass is 345 g/mol. The summed E-state index contributed by atoms with van der Waals surface area (Å²) >= 11 is 0. The molecule has 4 rings (SSSR count). The molecule has 1 aliphatic heterocycles. The molecule has 0 bridgehead atoms. The van der Waals surface area contributed by atoms with Crippen LogP contribution in [0.4, 0.5) is 0 Å². The highest BCUT2D eigenvalue weighted by atomic mass is 16.5. The molecule has 0 N–H and O–H groups in total. The Kier molecular flexibility index (Phi) is 3.87. The number of hydrogen-bond acceptors (Lipinski definition) is 6. The van der Waals surface area contributed by atoms with Crippen molar-refractivity contribution in [3.05, 3.63) is 29.2 Å². The van der Waals surface area contributed by atoms with Gasteiger partial charge in [-0.05, 0) is 39.0 Å². The number of fused-ring (bicyclic) bond motifs is 1. The second kappa shape index (κ2) is 5.94. The minimum absolute atomic E-state index is 0.00546. The van der Waals surface area contributed by atoms with Crippen LogP contribution in [0.15, 0.2) is 10.6 Å². The second-order valence-electron chi connectivity index (χ2n) is 6.80. The summed E-state index contributed by atoms with van der Waals surface area (Å²) in [6, 6.07) is 0. The molecule has 8 heteroatoms. The maximum Gasteiger partial charge on any atom is 0.258 e. The van der Waals surface area contributed by atoms with Gasteiger partial charge in [-0.15, -0.1) is 10.2 Å².